The summed E-state index contributed by atoms with van der Waals surface area (Å²) in [6.07, 6.45) is 1.75. The lowest BCUT2D eigenvalue weighted by Gasteiger charge is -2.24. The standard InChI is InChI=1S/C26H31N3O4/c1-18-10-12-20(13-11-18)22-17-28-24(32-22)15-14-23(30)27-16-21(19-8-6-5-7-9-19)29-25(31)33-26(2,3)4/h5-13,17,21H,14-16H2,1-4H3,(H,27,30)(H,29,31). The molecule has 0 radical (unpaired) electrons. The molecule has 1 atom stereocenters. The number of aromatic nitrogens is 1. The number of amides is 2. The van der Waals surface area contributed by atoms with Crippen LogP contribution in [0.15, 0.2) is 65.2 Å². The number of hydrogen-bond donors (Lipinski definition) is 2. The van der Waals surface area contributed by atoms with Crippen molar-refractivity contribution in [2.24, 2.45) is 0 Å². The van der Waals surface area contributed by atoms with Gasteiger partial charge in [0, 0.05) is 24.9 Å². The van der Waals surface area contributed by atoms with Gasteiger partial charge in [-0.25, -0.2) is 9.78 Å². The summed E-state index contributed by atoms with van der Waals surface area (Å²) in [5.41, 5.74) is 2.38. The third-order valence-electron chi connectivity index (χ3n) is 4.85. The fourth-order valence-corrected chi connectivity index (χ4v) is 3.19. The minimum Gasteiger partial charge on any atom is -0.444 e. The van der Waals surface area contributed by atoms with Crippen molar-refractivity contribution >= 4 is 12.0 Å². The van der Waals surface area contributed by atoms with E-state index in [4.69, 9.17) is 9.15 Å². The Bertz CT molecular complexity index is 1050. The Kier molecular flexibility index (Phi) is 7.87. The predicted octanol–water partition coefficient (Wildman–Crippen LogP) is 4.96. The van der Waals surface area contributed by atoms with E-state index < -0.39 is 17.7 Å². The van der Waals surface area contributed by atoms with E-state index >= 15 is 0 Å². The Hall–Kier alpha value is -3.61. The average Bonchev–Trinajstić information content (AvgIpc) is 3.24. The van der Waals surface area contributed by atoms with Crippen LogP contribution >= 0.6 is 0 Å². The number of rotatable bonds is 8. The van der Waals surface area contributed by atoms with E-state index in [0.29, 0.717) is 18.1 Å². The highest BCUT2D eigenvalue weighted by Crippen LogP contribution is 2.21. The lowest BCUT2D eigenvalue weighted by molar-refractivity contribution is -0.121. The first-order valence-electron chi connectivity index (χ1n) is 11.0. The SMILES string of the molecule is Cc1ccc(-c2cnc(CCC(=O)NCC(NC(=O)OC(C)(C)C)c3ccccc3)o2)cc1. The Labute approximate surface area is 194 Å². The van der Waals surface area contributed by atoms with Crippen LogP contribution in [0.3, 0.4) is 0 Å². The predicted molar refractivity (Wildman–Crippen MR) is 127 cm³/mol. The molecule has 1 unspecified atom stereocenters. The second kappa shape index (κ2) is 10.8. The van der Waals surface area contributed by atoms with Crippen molar-refractivity contribution in [2.75, 3.05) is 6.54 Å². The summed E-state index contributed by atoms with van der Waals surface area (Å²) in [4.78, 5) is 29.0. The molecule has 7 nitrogen and oxygen atoms in total. The highest BCUT2D eigenvalue weighted by atomic mass is 16.6. The van der Waals surface area contributed by atoms with Crippen LogP contribution in [0.5, 0.6) is 0 Å². The topological polar surface area (TPSA) is 93.5 Å². The van der Waals surface area contributed by atoms with Gasteiger partial charge in [-0.1, -0.05) is 60.2 Å². The van der Waals surface area contributed by atoms with Gasteiger partial charge < -0.3 is 19.8 Å². The summed E-state index contributed by atoms with van der Waals surface area (Å²) < 4.78 is 11.2. The first-order chi connectivity index (χ1) is 15.7. The number of carbonyl (C=O) groups is 2. The zero-order valence-corrected chi connectivity index (χ0v) is 19.6. The van der Waals surface area contributed by atoms with Crippen LogP contribution < -0.4 is 10.6 Å². The van der Waals surface area contributed by atoms with Gasteiger partial charge in [0.15, 0.2) is 11.7 Å². The molecule has 0 saturated carbocycles. The smallest absolute Gasteiger partial charge is 0.408 e. The van der Waals surface area contributed by atoms with E-state index in [-0.39, 0.29) is 18.9 Å². The van der Waals surface area contributed by atoms with Crippen LogP contribution in [0.1, 0.15) is 50.3 Å². The van der Waals surface area contributed by atoms with E-state index in [0.717, 1.165) is 11.1 Å². The van der Waals surface area contributed by atoms with Crippen LogP contribution in [0.4, 0.5) is 4.79 Å². The quantitative estimate of drug-likeness (QED) is 0.507. The van der Waals surface area contributed by atoms with Crippen LogP contribution in [0.2, 0.25) is 0 Å². The van der Waals surface area contributed by atoms with Crippen LogP contribution in [-0.4, -0.2) is 29.1 Å². The molecule has 2 amide bonds. The van der Waals surface area contributed by atoms with Gasteiger partial charge in [0.1, 0.15) is 5.60 Å². The molecule has 3 aromatic rings. The summed E-state index contributed by atoms with van der Waals surface area (Å²) >= 11 is 0. The minimum atomic E-state index is -0.609. The molecule has 0 fully saturated rings. The van der Waals surface area contributed by atoms with Crippen molar-refractivity contribution in [3.05, 3.63) is 77.8 Å². The van der Waals surface area contributed by atoms with Crippen LogP contribution in [-0.2, 0) is 16.0 Å². The molecular weight excluding hydrogens is 418 g/mol. The van der Waals surface area contributed by atoms with E-state index in [1.807, 2.05) is 61.5 Å². The van der Waals surface area contributed by atoms with E-state index in [1.165, 1.54) is 5.56 Å². The lowest BCUT2D eigenvalue weighted by atomic mass is 10.1. The number of nitrogens with zero attached hydrogens (tertiary/aromatic N) is 1. The molecule has 2 aromatic carbocycles. The minimum absolute atomic E-state index is 0.156. The Balaban J connectivity index is 1.53. The number of aryl methyl sites for hydroxylation is 2. The fraction of sp³-hybridized carbons (Fsp3) is 0.346. The zero-order valence-electron chi connectivity index (χ0n) is 19.6. The normalized spacial score (nSPS) is 12.1. The second-order valence-corrected chi connectivity index (χ2v) is 8.90. The van der Waals surface area contributed by atoms with Gasteiger partial charge >= 0.3 is 6.09 Å². The molecule has 2 N–H and O–H groups in total. The van der Waals surface area contributed by atoms with Gasteiger partial charge in [0.25, 0.3) is 0 Å². The third kappa shape index (κ3) is 7.79. The second-order valence-electron chi connectivity index (χ2n) is 8.90. The Morgan fingerprint density at radius 1 is 1.06 bits per heavy atom. The maximum Gasteiger partial charge on any atom is 0.408 e. The number of alkyl carbamates (subject to hydrolysis) is 1. The van der Waals surface area contributed by atoms with Crippen molar-refractivity contribution in [2.45, 2.75) is 52.2 Å². The number of ether oxygens (including phenoxy) is 1. The van der Waals surface area contributed by atoms with Crippen molar-refractivity contribution in [1.82, 2.24) is 15.6 Å². The monoisotopic (exact) mass is 449 g/mol. The maximum absolute atomic E-state index is 12.5. The molecule has 0 aliphatic heterocycles. The molecule has 1 heterocycles. The average molecular weight is 450 g/mol. The number of hydrogen-bond acceptors (Lipinski definition) is 5. The van der Waals surface area contributed by atoms with E-state index in [1.54, 1.807) is 27.0 Å². The molecule has 33 heavy (non-hydrogen) atoms. The van der Waals surface area contributed by atoms with Crippen molar-refractivity contribution in [3.63, 3.8) is 0 Å². The molecule has 0 spiro atoms. The highest BCUT2D eigenvalue weighted by molar-refractivity contribution is 5.76. The van der Waals surface area contributed by atoms with Gasteiger partial charge in [0.2, 0.25) is 5.91 Å². The molecule has 0 aliphatic carbocycles. The largest absolute Gasteiger partial charge is 0.444 e. The van der Waals surface area contributed by atoms with Gasteiger partial charge in [-0.05, 0) is 33.3 Å². The summed E-state index contributed by atoms with van der Waals surface area (Å²) in [6, 6.07) is 17.0. The van der Waals surface area contributed by atoms with Gasteiger partial charge in [0.05, 0.1) is 12.2 Å². The van der Waals surface area contributed by atoms with Gasteiger partial charge in [-0.2, -0.15) is 0 Å². The fourth-order valence-electron chi connectivity index (χ4n) is 3.19. The summed E-state index contributed by atoms with van der Waals surface area (Å²) in [7, 11) is 0. The third-order valence-corrected chi connectivity index (χ3v) is 4.85. The highest BCUT2D eigenvalue weighted by Gasteiger charge is 2.21. The van der Waals surface area contributed by atoms with Gasteiger partial charge in [-0.3, -0.25) is 4.79 Å². The first-order valence-corrected chi connectivity index (χ1v) is 11.0. The molecule has 1 aromatic heterocycles. The van der Waals surface area contributed by atoms with Crippen molar-refractivity contribution in [3.8, 4) is 11.3 Å². The van der Waals surface area contributed by atoms with Crippen molar-refractivity contribution in [1.29, 1.82) is 0 Å². The molecule has 0 aliphatic rings. The van der Waals surface area contributed by atoms with Crippen LogP contribution in [0.25, 0.3) is 11.3 Å². The molecule has 0 saturated heterocycles. The van der Waals surface area contributed by atoms with E-state index in [2.05, 4.69) is 15.6 Å². The molecule has 174 valence electrons. The number of carbonyl (C=O) groups excluding carboxylic acids is 2. The Morgan fingerprint density at radius 2 is 1.76 bits per heavy atom. The lowest BCUT2D eigenvalue weighted by Crippen LogP contribution is -2.40. The number of benzene rings is 2. The maximum atomic E-state index is 12.5. The Morgan fingerprint density at radius 3 is 2.42 bits per heavy atom. The molecule has 0 bridgehead atoms. The van der Waals surface area contributed by atoms with Gasteiger partial charge in [-0.15, -0.1) is 0 Å². The summed E-state index contributed by atoms with van der Waals surface area (Å²) in [5, 5.41) is 5.72. The number of nitrogens with one attached hydrogen (secondary N) is 2. The zero-order chi connectivity index (χ0) is 23.8. The van der Waals surface area contributed by atoms with Crippen LogP contribution in [0, 0.1) is 6.92 Å². The number of oxazole rings is 1. The molecular formula is C26H31N3O4. The molecule has 7 heteroatoms. The summed E-state index contributed by atoms with van der Waals surface area (Å²) in [6.45, 7) is 7.68. The first kappa shape index (κ1) is 24.0. The molecule has 3 rings (SSSR count). The van der Waals surface area contributed by atoms with Crippen molar-refractivity contribution < 1.29 is 18.7 Å². The van der Waals surface area contributed by atoms with E-state index in [9.17, 15) is 9.59 Å². The summed E-state index contributed by atoms with van der Waals surface area (Å²) in [5.74, 6) is 1.03.